The molecule has 62 heavy (non-hydrogen) atoms. The van der Waals surface area contributed by atoms with Crippen molar-refractivity contribution in [2.45, 2.75) is 116 Å². The summed E-state index contributed by atoms with van der Waals surface area (Å²) in [5.41, 5.74) is 4.24. The lowest BCUT2D eigenvalue weighted by Crippen LogP contribution is -2.46. The molecule has 1 fully saturated rings. The number of carbonyl (C=O) groups excluding carboxylic acids is 4. The zero-order valence-corrected chi connectivity index (χ0v) is 37.8. The molecule has 0 aromatic carbocycles. The topological polar surface area (TPSA) is 381 Å². The number of phosphoric acid groups is 3. The number of nitrogens with one attached hydrogen (secondary N) is 2. The van der Waals surface area contributed by atoms with E-state index in [1.165, 1.54) is 33.1 Å². The molecule has 7 atom stereocenters. The second kappa shape index (κ2) is 24.5. The number of aliphatic hydroxyl groups excluding tert-OH is 2. The van der Waals surface area contributed by atoms with E-state index in [0.717, 1.165) is 54.7 Å². The molecule has 352 valence electrons. The molecule has 25 nitrogen and oxygen atoms in total. The maximum absolute atomic E-state index is 12.7. The fourth-order valence-electron chi connectivity index (χ4n) is 5.87. The van der Waals surface area contributed by atoms with Crippen LogP contribution in [0.5, 0.6) is 0 Å². The monoisotopic (exact) mass is 963 g/mol. The van der Waals surface area contributed by atoms with Gasteiger partial charge in [0, 0.05) is 37.1 Å². The summed E-state index contributed by atoms with van der Waals surface area (Å²) in [6.07, 6.45) is 0.649. The molecule has 0 saturated carbocycles. The predicted molar refractivity (Wildman–Crippen MR) is 219 cm³/mol. The highest BCUT2D eigenvalue weighted by molar-refractivity contribution is 8.13. The van der Waals surface area contributed by atoms with Crippen LogP contribution in [0.4, 0.5) is 5.82 Å². The molecule has 0 spiro atoms. The van der Waals surface area contributed by atoms with Gasteiger partial charge in [-0.25, -0.2) is 28.6 Å². The number of aliphatic hydroxyl groups is 2. The summed E-state index contributed by atoms with van der Waals surface area (Å²) >= 11 is 0.931. The van der Waals surface area contributed by atoms with E-state index in [-0.39, 0.29) is 59.6 Å². The van der Waals surface area contributed by atoms with Gasteiger partial charge in [0.2, 0.25) is 11.8 Å². The van der Waals surface area contributed by atoms with Crippen molar-refractivity contribution in [3.05, 3.63) is 12.7 Å². The number of Topliss-reactive ketones (excluding diaryl/α,β-unsaturated/α-hetero) is 1. The highest BCUT2D eigenvalue weighted by atomic mass is 32.2. The van der Waals surface area contributed by atoms with Crippen LogP contribution in [0, 0.1) is 5.41 Å². The number of amides is 2. The summed E-state index contributed by atoms with van der Waals surface area (Å²) in [6, 6.07) is 0. The van der Waals surface area contributed by atoms with E-state index < -0.39 is 84.6 Å². The summed E-state index contributed by atoms with van der Waals surface area (Å²) in [6.45, 7) is 2.48. The van der Waals surface area contributed by atoms with Gasteiger partial charge in [0.05, 0.1) is 26.0 Å². The minimum absolute atomic E-state index is 0.0257. The van der Waals surface area contributed by atoms with Gasteiger partial charge < -0.3 is 50.9 Å². The first-order valence-corrected chi connectivity index (χ1v) is 25.0. The van der Waals surface area contributed by atoms with Gasteiger partial charge in [0.25, 0.3) is 0 Å². The zero-order chi connectivity index (χ0) is 46.3. The van der Waals surface area contributed by atoms with Crippen molar-refractivity contribution in [1.82, 2.24) is 30.2 Å². The standard InChI is InChI=1S/C33H56N7O18P3S/c1-4-5-6-7-8-9-10-11-21(41)16-24(43)62-15-14-35-23(42)12-13-36-31(46)28(45)33(2,3)18-55-61(52,53)58-60(50,51)54-17-22-27(57-59(47,48)49)26(44)32(56-22)40-20-39-25-29(34)37-19-38-30(25)40/h19-20,22,26-28,32,44-45H,4-18H2,1-3H3,(H,35,42)(H,36,46)(H,50,51)(H,52,53)(H2,34,37,38)(H2,47,48,49)/t22-,26-,27-,28?,32-/m1/s1. The Hall–Kier alpha value is -2.77. The Labute approximate surface area is 361 Å². The summed E-state index contributed by atoms with van der Waals surface area (Å²) in [5, 5.41) is 26.1. The van der Waals surface area contributed by atoms with E-state index in [4.69, 9.17) is 19.5 Å². The number of fused-ring (bicyclic) bond motifs is 1. The fourth-order valence-corrected chi connectivity index (χ4v) is 9.40. The molecule has 10 N–H and O–H groups in total. The van der Waals surface area contributed by atoms with Crippen LogP contribution >= 0.6 is 35.2 Å². The molecule has 2 aromatic rings. The number of nitrogen functional groups attached to an aromatic ring is 1. The number of carbonyl (C=O) groups is 4. The molecule has 1 aliphatic heterocycles. The predicted octanol–water partition coefficient (Wildman–Crippen LogP) is 1.76. The van der Waals surface area contributed by atoms with Gasteiger partial charge in [-0.05, 0) is 6.42 Å². The summed E-state index contributed by atoms with van der Waals surface area (Å²) in [5.74, 6) is -1.40. The third-order valence-electron chi connectivity index (χ3n) is 9.17. The SMILES string of the molecule is CCCCCCCCCC(=O)CC(=O)SCCNC(=O)CCNC(=O)C(O)C(C)(C)COP(=O)(O)OP(=O)(O)OC[C@H]1O[C@@H](n2cnc3c(N)ncnc32)[C@H](O)[C@@H]1OP(=O)(O)O. The Balaban J connectivity index is 1.39. The molecule has 1 saturated heterocycles. The molecule has 0 aliphatic carbocycles. The normalized spacial score (nSPS) is 20.7. The first-order valence-electron chi connectivity index (χ1n) is 19.5. The van der Waals surface area contributed by atoms with E-state index in [1.807, 2.05) is 0 Å². The number of ketones is 1. The van der Waals surface area contributed by atoms with Gasteiger partial charge in [-0.15, -0.1) is 0 Å². The Kier molecular flexibility index (Phi) is 21.2. The first kappa shape index (κ1) is 53.6. The molecule has 3 unspecified atom stereocenters. The average Bonchev–Trinajstić information content (AvgIpc) is 3.74. The van der Waals surface area contributed by atoms with Crippen LogP contribution < -0.4 is 16.4 Å². The van der Waals surface area contributed by atoms with Crippen molar-refractivity contribution >= 4 is 74.9 Å². The van der Waals surface area contributed by atoms with E-state index in [0.29, 0.717) is 6.42 Å². The average molecular weight is 964 g/mol. The molecule has 2 aromatic heterocycles. The second-order valence-electron chi connectivity index (χ2n) is 14.9. The lowest BCUT2D eigenvalue weighted by molar-refractivity contribution is -0.137. The number of nitrogens with two attached hydrogens (primary N) is 1. The van der Waals surface area contributed by atoms with Gasteiger partial charge in [-0.3, -0.25) is 37.3 Å². The van der Waals surface area contributed by atoms with E-state index >= 15 is 0 Å². The maximum atomic E-state index is 12.7. The first-order chi connectivity index (χ1) is 28.9. The van der Waals surface area contributed by atoms with E-state index in [2.05, 4.69) is 41.3 Å². The molecule has 0 bridgehead atoms. The Morgan fingerprint density at radius 1 is 0.952 bits per heavy atom. The van der Waals surface area contributed by atoms with Crippen LogP contribution in [-0.2, 0) is 55.5 Å². The van der Waals surface area contributed by atoms with E-state index in [9.17, 15) is 62.7 Å². The smallest absolute Gasteiger partial charge is 0.386 e. The van der Waals surface area contributed by atoms with Gasteiger partial charge in [0.15, 0.2) is 22.8 Å². The van der Waals surface area contributed by atoms with Crippen LogP contribution in [0.3, 0.4) is 0 Å². The molecule has 1 aliphatic rings. The number of phosphoric ester groups is 3. The van der Waals surface area contributed by atoms with Gasteiger partial charge in [-0.2, -0.15) is 4.31 Å². The highest BCUT2D eigenvalue weighted by Gasteiger charge is 2.50. The van der Waals surface area contributed by atoms with Gasteiger partial charge in [0.1, 0.15) is 42.0 Å². The zero-order valence-electron chi connectivity index (χ0n) is 34.3. The minimum atomic E-state index is -5.59. The van der Waals surface area contributed by atoms with E-state index in [1.54, 1.807) is 0 Å². The number of ether oxygens (including phenoxy) is 1. The minimum Gasteiger partial charge on any atom is -0.386 e. The van der Waals surface area contributed by atoms with Gasteiger partial charge in [-0.1, -0.05) is 71.1 Å². The molecular formula is C33H56N7O18P3S. The molecule has 3 heterocycles. The van der Waals surface area contributed by atoms with Crippen LogP contribution in [0.15, 0.2) is 12.7 Å². The molecule has 2 amide bonds. The highest BCUT2D eigenvalue weighted by Crippen LogP contribution is 2.61. The van der Waals surface area contributed by atoms with Crippen molar-refractivity contribution in [1.29, 1.82) is 0 Å². The number of imidazole rings is 1. The number of rotatable bonds is 29. The largest absolute Gasteiger partial charge is 0.481 e. The number of thioether (sulfide) groups is 1. The number of hydrogen-bond acceptors (Lipinski definition) is 19. The van der Waals surface area contributed by atoms with Crippen molar-refractivity contribution in [3.8, 4) is 0 Å². The summed E-state index contributed by atoms with van der Waals surface area (Å²) < 4.78 is 62.2. The van der Waals surface area contributed by atoms with Gasteiger partial charge >= 0.3 is 23.5 Å². The van der Waals surface area contributed by atoms with Crippen molar-refractivity contribution in [2.75, 3.05) is 37.8 Å². The van der Waals surface area contributed by atoms with Crippen LogP contribution in [-0.4, -0.2) is 128 Å². The fraction of sp³-hybridized carbons (Fsp3) is 0.727. The molecule has 29 heteroatoms. The van der Waals surface area contributed by atoms with Crippen LogP contribution in [0.25, 0.3) is 11.2 Å². The van der Waals surface area contributed by atoms with Crippen LogP contribution in [0.2, 0.25) is 0 Å². The van der Waals surface area contributed by atoms with Crippen molar-refractivity contribution < 1.29 is 85.3 Å². The quantitative estimate of drug-likeness (QED) is 0.0318. The lowest BCUT2D eigenvalue weighted by atomic mass is 9.87. The third kappa shape index (κ3) is 18.0. The van der Waals surface area contributed by atoms with Crippen molar-refractivity contribution in [2.24, 2.45) is 5.41 Å². The van der Waals surface area contributed by atoms with Crippen molar-refractivity contribution in [3.63, 3.8) is 0 Å². The molecule has 3 rings (SSSR count). The third-order valence-corrected chi connectivity index (χ3v) is 13.1. The molecule has 0 radical (unpaired) electrons. The van der Waals surface area contributed by atoms with Crippen LogP contribution in [0.1, 0.15) is 91.2 Å². The summed E-state index contributed by atoms with van der Waals surface area (Å²) in [7, 11) is -16.4. The number of aromatic nitrogens is 4. The number of anilines is 1. The Morgan fingerprint density at radius 2 is 1.61 bits per heavy atom. The Bertz CT molecular complexity index is 1970. The lowest BCUT2D eigenvalue weighted by Gasteiger charge is -2.30. The number of hydrogen-bond donors (Lipinski definition) is 9. The second-order valence-corrected chi connectivity index (χ2v) is 20.3. The number of unbranched alkanes of at least 4 members (excludes halogenated alkanes) is 6. The Morgan fingerprint density at radius 3 is 2.29 bits per heavy atom. The number of nitrogens with zero attached hydrogens (tertiary/aromatic N) is 4. The summed E-state index contributed by atoms with van der Waals surface area (Å²) in [4.78, 5) is 100. The maximum Gasteiger partial charge on any atom is 0.481 e. The molecular weight excluding hydrogens is 907 g/mol.